The molecule has 2 nitrogen and oxygen atoms in total. The van der Waals surface area contributed by atoms with E-state index in [4.69, 9.17) is 11.6 Å². The van der Waals surface area contributed by atoms with Gasteiger partial charge in [-0.15, -0.1) is 23.4 Å². The topological polar surface area (TPSA) is 20.3 Å². The maximum absolute atomic E-state index is 10.9. The van der Waals surface area contributed by atoms with Crippen molar-refractivity contribution in [2.24, 2.45) is 0 Å². The van der Waals surface area contributed by atoms with Crippen LogP contribution in [0.5, 0.6) is 0 Å². The molecule has 58 valence electrons. The van der Waals surface area contributed by atoms with Gasteiger partial charge in [0.1, 0.15) is 0 Å². The number of hydrogen-bond acceptors (Lipinski definition) is 2. The standard InChI is InChI=1S/C6H10ClNOS/c7-2-1-3-8-5-10-4-6(8)9/h1-5H2. The highest BCUT2D eigenvalue weighted by Gasteiger charge is 2.19. The highest BCUT2D eigenvalue weighted by Crippen LogP contribution is 2.14. The van der Waals surface area contributed by atoms with Crippen LogP contribution in [-0.4, -0.2) is 34.9 Å². The minimum atomic E-state index is 0.259. The Labute approximate surface area is 69.9 Å². The van der Waals surface area contributed by atoms with E-state index in [0.717, 1.165) is 18.8 Å². The molecule has 0 spiro atoms. The average molecular weight is 180 g/mol. The van der Waals surface area contributed by atoms with E-state index >= 15 is 0 Å². The van der Waals surface area contributed by atoms with E-state index in [9.17, 15) is 4.79 Å². The minimum Gasteiger partial charge on any atom is -0.333 e. The monoisotopic (exact) mass is 179 g/mol. The summed E-state index contributed by atoms with van der Waals surface area (Å²) < 4.78 is 0. The van der Waals surface area contributed by atoms with Gasteiger partial charge in [-0.25, -0.2) is 0 Å². The van der Waals surface area contributed by atoms with E-state index in [0.29, 0.717) is 11.6 Å². The summed E-state index contributed by atoms with van der Waals surface area (Å²) in [5, 5.41) is 0. The Hall–Kier alpha value is 0.110. The molecule has 0 atom stereocenters. The zero-order chi connectivity index (χ0) is 7.40. The van der Waals surface area contributed by atoms with Gasteiger partial charge in [-0.3, -0.25) is 4.79 Å². The Bertz CT molecular complexity index is 131. The van der Waals surface area contributed by atoms with Crippen LogP contribution in [0, 0.1) is 0 Å². The fraction of sp³-hybridized carbons (Fsp3) is 0.833. The van der Waals surface area contributed by atoms with Crippen LogP contribution < -0.4 is 0 Å². The van der Waals surface area contributed by atoms with Gasteiger partial charge >= 0.3 is 0 Å². The number of nitrogens with zero attached hydrogens (tertiary/aromatic N) is 1. The van der Waals surface area contributed by atoms with Crippen LogP contribution in [0.3, 0.4) is 0 Å². The first-order chi connectivity index (χ1) is 4.84. The number of alkyl halides is 1. The third kappa shape index (κ3) is 2.06. The van der Waals surface area contributed by atoms with Gasteiger partial charge in [0.05, 0.1) is 11.6 Å². The van der Waals surface area contributed by atoms with Gasteiger partial charge in [-0.1, -0.05) is 0 Å². The first kappa shape index (κ1) is 8.21. The summed E-state index contributed by atoms with van der Waals surface area (Å²) in [6, 6.07) is 0. The average Bonchev–Trinajstić information content (AvgIpc) is 2.31. The maximum Gasteiger partial charge on any atom is 0.233 e. The van der Waals surface area contributed by atoms with E-state index in [1.807, 2.05) is 4.90 Å². The van der Waals surface area contributed by atoms with Crippen molar-refractivity contribution >= 4 is 29.3 Å². The fourth-order valence-corrected chi connectivity index (χ4v) is 1.91. The summed E-state index contributed by atoms with van der Waals surface area (Å²) in [6.45, 7) is 0.829. The van der Waals surface area contributed by atoms with E-state index in [1.165, 1.54) is 0 Å². The lowest BCUT2D eigenvalue weighted by molar-refractivity contribution is -0.126. The summed E-state index contributed by atoms with van der Waals surface area (Å²) >= 11 is 7.16. The lowest BCUT2D eigenvalue weighted by atomic mass is 10.4. The Morgan fingerprint density at radius 3 is 3.00 bits per heavy atom. The van der Waals surface area contributed by atoms with Gasteiger partial charge in [0.2, 0.25) is 5.91 Å². The van der Waals surface area contributed by atoms with Crippen molar-refractivity contribution in [1.29, 1.82) is 0 Å². The summed E-state index contributed by atoms with van der Waals surface area (Å²) in [5.74, 6) is 2.42. The number of carbonyl (C=O) groups excluding carboxylic acids is 1. The van der Waals surface area contributed by atoms with E-state index < -0.39 is 0 Å². The van der Waals surface area contributed by atoms with Crippen LogP contribution in [0.1, 0.15) is 6.42 Å². The highest BCUT2D eigenvalue weighted by molar-refractivity contribution is 8.00. The Morgan fingerprint density at radius 2 is 2.50 bits per heavy atom. The summed E-state index contributed by atoms with van der Waals surface area (Å²) in [4.78, 5) is 12.8. The molecule has 0 aliphatic carbocycles. The van der Waals surface area contributed by atoms with Crippen LogP contribution in [-0.2, 0) is 4.79 Å². The molecule has 1 aliphatic heterocycles. The Kier molecular flexibility index (Phi) is 3.35. The van der Waals surface area contributed by atoms with Gasteiger partial charge in [0, 0.05) is 12.4 Å². The second-order valence-corrected chi connectivity index (χ2v) is 3.51. The highest BCUT2D eigenvalue weighted by atomic mass is 35.5. The first-order valence-electron chi connectivity index (χ1n) is 3.26. The molecule has 0 radical (unpaired) electrons. The van der Waals surface area contributed by atoms with Gasteiger partial charge in [0.15, 0.2) is 0 Å². The van der Waals surface area contributed by atoms with Gasteiger partial charge in [-0.2, -0.15) is 0 Å². The van der Waals surface area contributed by atoms with Crippen molar-refractivity contribution in [2.75, 3.05) is 24.1 Å². The van der Waals surface area contributed by atoms with E-state index in [-0.39, 0.29) is 5.91 Å². The predicted molar refractivity (Wildman–Crippen MR) is 44.4 cm³/mol. The molecule has 0 aromatic rings. The summed E-state index contributed by atoms with van der Waals surface area (Å²) in [7, 11) is 0. The molecule has 1 saturated heterocycles. The molecular formula is C6H10ClNOS. The Morgan fingerprint density at radius 1 is 1.70 bits per heavy atom. The number of halogens is 1. The van der Waals surface area contributed by atoms with Gasteiger partial charge in [0.25, 0.3) is 0 Å². The lowest BCUT2D eigenvalue weighted by Crippen LogP contribution is -2.26. The number of amides is 1. The second-order valence-electron chi connectivity index (χ2n) is 2.18. The SMILES string of the molecule is O=C1CSCN1CCCCl. The smallest absolute Gasteiger partial charge is 0.233 e. The van der Waals surface area contributed by atoms with Crippen molar-refractivity contribution < 1.29 is 4.79 Å². The van der Waals surface area contributed by atoms with E-state index in [2.05, 4.69) is 0 Å². The van der Waals surface area contributed by atoms with Crippen LogP contribution in [0.25, 0.3) is 0 Å². The molecule has 0 saturated carbocycles. The van der Waals surface area contributed by atoms with E-state index in [1.54, 1.807) is 11.8 Å². The molecule has 1 aliphatic rings. The van der Waals surface area contributed by atoms with Crippen molar-refractivity contribution in [3.63, 3.8) is 0 Å². The zero-order valence-electron chi connectivity index (χ0n) is 5.68. The van der Waals surface area contributed by atoms with Crippen LogP contribution in [0.2, 0.25) is 0 Å². The van der Waals surface area contributed by atoms with Crippen LogP contribution in [0.15, 0.2) is 0 Å². The molecule has 0 aromatic carbocycles. The van der Waals surface area contributed by atoms with Gasteiger partial charge < -0.3 is 4.90 Å². The third-order valence-corrected chi connectivity index (χ3v) is 2.60. The van der Waals surface area contributed by atoms with Crippen molar-refractivity contribution in [3.8, 4) is 0 Å². The molecular weight excluding hydrogens is 170 g/mol. The lowest BCUT2D eigenvalue weighted by Gasteiger charge is -2.12. The fourth-order valence-electron chi connectivity index (χ4n) is 0.846. The second kappa shape index (κ2) is 4.09. The van der Waals surface area contributed by atoms with Crippen LogP contribution >= 0.6 is 23.4 Å². The largest absolute Gasteiger partial charge is 0.333 e. The Balaban J connectivity index is 2.20. The molecule has 0 unspecified atom stereocenters. The molecule has 1 fully saturated rings. The molecule has 10 heavy (non-hydrogen) atoms. The van der Waals surface area contributed by atoms with Crippen molar-refractivity contribution in [1.82, 2.24) is 4.90 Å². The van der Waals surface area contributed by atoms with Gasteiger partial charge in [-0.05, 0) is 6.42 Å². The normalized spacial score (nSPS) is 18.5. The minimum absolute atomic E-state index is 0.259. The molecule has 1 heterocycles. The molecule has 1 amide bonds. The zero-order valence-corrected chi connectivity index (χ0v) is 7.25. The molecule has 0 aromatic heterocycles. The number of carbonyl (C=O) groups is 1. The maximum atomic E-state index is 10.9. The van der Waals surface area contributed by atoms with Crippen molar-refractivity contribution in [3.05, 3.63) is 0 Å². The summed E-state index contributed by atoms with van der Waals surface area (Å²) in [5.41, 5.74) is 0. The number of thioether (sulfide) groups is 1. The van der Waals surface area contributed by atoms with Crippen molar-refractivity contribution in [2.45, 2.75) is 6.42 Å². The quantitative estimate of drug-likeness (QED) is 0.606. The molecule has 0 bridgehead atoms. The predicted octanol–water partition coefficient (Wildman–Crippen LogP) is 1.15. The number of hydrogen-bond donors (Lipinski definition) is 0. The first-order valence-corrected chi connectivity index (χ1v) is 4.95. The molecule has 1 rings (SSSR count). The third-order valence-electron chi connectivity index (χ3n) is 1.39. The number of rotatable bonds is 3. The summed E-state index contributed by atoms with van der Waals surface area (Å²) in [6.07, 6.45) is 0.911. The van der Waals surface area contributed by atoms with Crippen LogP contribution in [0.4, 0.5) is 0 Å². The molecule has 0 N–H and O–H groups in total. The molecule has 4 heteroatoms.